The number of halogens is 1. The summed E-state index contributed by atoms with van der Waals surface area (Å²) in [6, 6.07) is 8.49. The molecule has 0 atom stereocenters. The number of hydrogen-bond acceptors (Lipinski definition) is 4. The Bertz CT molecular complexity index is 710. The summed E-state index contributed by atoms with van der Waals surface area (Å²) in [5.74, 6) is 0.301. The van der Waals surface area contributed by atoms with Gasteiger partial charge in [0.15, 0.2) is 5.82 Å². The third-order valence-electron chi connectivity index (χ3n) is 2.90. The summed E-state index contributed by atoms with van der Waals surface area (Å²) in [6.45, 7) is 0.388. The van der Waals surface area contributed by atoms with Crippen molar-refractivity contribution in [3.8, 4) is 0 Å². The predicted octanol–water partition coefficient (Wildman–Crippen LogP) is 3.16. The van der Waals surface area contributed by atoms with Gasteiger partial charge in [-0.05, 0) is 30.3 Å². The van der Waals surface area contributed by atoms with Crippen LogP contribution in [0, 0.1) is 5.82 Å². The number of pyridine rings is 1. The lowest BCUT2D eigenvalue weighted by molar-refractivity contribution is 0.517. The summed E-state index contributed by atoms with van der Waals surface area (Å²) in [7, 11) is 0. The Hall–Kier alpha value is -2.56. The van der Waals surface area contributed by atoms with Gasteiger partial charge in [-0.2, -0.15) is 0 Å². The average Bonchev–Trinajstić information content (AvgIpc) is 2.92. The number of nitrogens with zero attached hydrogens (tertiary/aromatic N) is 1. The van der Waals surface area contributed by atoms with Crippen molar-refractivity contribution in [2.24, 2.45) is 0 Å². The van der Waals surface area contributed by atoms with Gasteiger partial charge in [0.1, 0.15) is 5.76 Å². The van der Waals surface area contributed by atoms with E-state index in [9.17, 15) is 4.39 Å². The zero-order valence-electron chi connectivity index (χ0n) is 10.1. The van der Waals surface area contributed by atoms with Crippen molar-refractivity contribution in [3.05, 3.63) is 54.4 Å². The zero-order valence-corrected chi connectivity index (χ0v) is 10.1. The minimum absolute atomic E-state index is 0.334. The van der Waals surface area contributed by atoms with Crippen LogP contribution in [0.1, 0.15) is 5.76 Å². The first-order valence-electron chi connectivity index (χ1n) is 5.84. The lowest BCUT2D eigenvalue weighted by Gasteiger charge is -2.10. The number of nitrogens with one attached hydrogen (secondary N) is 1. The van der Waals surface area contributed by atoms with Gasteiger partial charge in [-0.3, -0.25) is 4.98 Å². The minimum Gasteiger partial charge on any atom is -0.467 e. The molecule has 0 aliphatic rings. The van der Waals surface area contributed by atoms with Gasteiger partial charge in [-0.1, -0.05) is 0 Å². The fraction of sp³-hybridized carbons (Fsp3) is 0.0714. The Kier molecular flexibility index (Phi) is 2.79. The molecule has 2 aromatic heterocycles. The number of hydrogen-bond donors (Lipinski definition) is 2. The molecule has 0 amide bonds. The Labute approximate surface area is 109 Å². The molecule has 0 aliphatic carbocycles. The third kappa shape index (κ3) is 2.10. The van der Waals surface area contributed by atoms with Crippen LogP contribution in [0.3, 0.4) is 0 Å². The fourth-order valence-corrected chi connectivity index (χ4v) is 1.99. The van der Waals surface area contributed by atoms with Crippen LogP contribution < -0.4 is 11.1 Å². The number of nitrogens with two attached hydrogens (primary N) is 1. The highest BCUT2D eigenvalue weighted by molar-refractivity contribution is 5.98. The Morgan fingerprint density at radius 3 is 3.00 bits per heavy atom. The molecule has 0 fully saturated rings. The van der Waals surface area contributed by atoms with Crippen LogP contribution in [-0.4, -0.2) is 4.98 Å². The molecule has 0 aliphatic heterocycles. The van der Waals surface area contributed by atoms with Crippen molar-refractivity contribution in [2.75, 3.05) is 11.1 Å². The van der Waals surface area contributed by atoms with Gasteiger partial charge in [-0.15, -0.1) is 0 Å². The highest BCUT2D eigenvalue weighted by Gasteiger charge is 2.11. The van der Waals surface area contributed by atoms with Crippen LogP contribution in [0.25, 0.3) is 10.9 Å². The molecule has 0 radical (unpaired) electrons. The summed E-state index contributed by atoms with van der Waals surface area (Å²) in [4.78, 5) is 4.19. The van der Waals surface area contributed by atoms with Gasteiger partial charge >= 0.3 is 0 Å². The largest absolute Gasteiger partial charge is 0.467 e. The standard InChI is InChI=1S/C14H12FN3O/c15-11-7-12(16)10-4-1-5-17-13(10)14(11)18-8-9-3-2-6-19-9/h1-7,18H,8,16H2. The van der Waals surface area contributed by atoms with E-state index in [1.165, 1.54) is 6.07 Å². The van der Waals surface area contributed by atoms with E-state index in [0.29, 0.717) is 23.4 Å². The Morgan fingerprint density at radius 1 is 1.32 bits per heavy atom. The molecule has 0 unspecified atom stereocenters. The van der Waals surface area contributed by atoms with Gasteiger partial charge in [0.25, 0.3) is 0 Å². The molecule has 3 rings (SSSR count). The number of anilines is 2. The summed E-state index contributed by atoms with van der Waals surface area (Å²) in [6.07, 6.45) is 3.19. The highest BCUT2D eigenvalue weighted by atomic mass is 19.1. The van der Waals surface area contributed by atoms with Crippen molar-refractivity contribution in [1.29, 1.82) is 0 Å². The molecule has 3 N–H and O–H groups in total. The smallest absolute Gasteiger partial charge is 0.150 e. The van der Waals surface area contributed by atoms with Gasteiger partial charge < -0.3 is 15.5 Å². The molecule has 2 heterocycles. The summed E-state index contributed by atoms with van der Waals surface area (Å²) in [5.41, 5.74) is 7.02. The molecular weight excluding hydrogens is 245 g/mol. The van der Waals surface area contributed by atoms with E-state index < -0.39 is 5.82 Å². The van der Waals surface area contributed by atoms with Crippen molar-refractivity contribution >= 4 is 22.3 Å². The van der Waals surface area contributed by atoms with Crippen LogP contribution in [0.5, 0.6) is 0 Å². The first-order chi connectivity index (χ1) is 9.25. The maximum atomic E-state index is 14.0. The number of benzene rings is 1. The SMILES string of the molecule is Nc1cc(F)c(NCc2ccco2)c2ncccc12. The molecule has 0 spiro atoms. The first-order valence-corrected chi connectivity index (χ1v) is 5.84. The third-order valence-corrected chi connectivity index (χ3v) is 2.90. The molecule has 0 bridgehead atoms. The van der Waals surface area contributed by atoms with Gasteiger partial charge in [0.2, 0.25) is 0 Å². The van der Waals surface area contributed by atoms with Crippen molar-refractivity contribution in [3.63, 3.8) is 0 Å². The number of rotatable bonds is 3. The van der Waals surface area contributed by atoms with Crippen LogP contribution in [0.2, 0.25) is 0 Å². The normalized spacial score (nSPS) is 10.8. The Balaban J connectivity index is 2.02. The molecule has 4 nitrogen and oxygen atoms in total. The molecule has 5 heteroatoms. The topological polar surface area (TPSA) is 64.1 Å². The number of fused-ring (bicyclic) bond motifs is 1. The van der Waals surface area contributed by atoms with E-state index in [0.717, 1.165) is 11.1 Å². The van der Waals surface area contributed by atoms with Gasteiger partial charge in [-0.25, -0.2) is 4.39 Å². The molecule has 3 aromatic rings. The lowest BCUT2D eigenvalue weighted by Crippen LogP contribution is -2.03. The molecule has 1 aromatic carbocycles. The monoisotopic (exact) mass is 257 g/mol. The molecule has 19 heavy (non-hydrogen) atoms. The molecule has 96 valence electrons. The quantitative estimate of drug-likeness (QED) is 0.707. The summed E-state index contributed by atoms with van der Waals surface area (Å²) < 4.78 is 19.2. The lowest BCUT2D eigenvalue weighted by atomic mass is 10.1. The van der Waals surface area contributed by atoms with E-state index in [2.05, 4.69) is 10.3 Å². The predicted molar refractivity (Wildman–Crippen MR) is 72.1 cm³/mol. The Morgan fingerprint density at radius 2 is 2.21 bits per heavy atom. The van der Waals surface area contributed by atoms with Crippen LogP contribution in [0.15, 0.2) is 47.2 Å². The van der Waals surface area contributed by atoms with E-state index in [4.69, 9.17) is 10.2 Å². The summed E-state index contributed by atoms with van der Waals surface area (Å²) >= 11 is 0. The second-order valence-electron chi connectivity index (χ2n) is 4.16. The molecule has 0 saturated carbocycles. The number of furan rings is 1. The second kappa shape index (κ2) is 4.61. The molecule has 0 saturated heterocycles. The fourth-order valence-electron chi connectivity index (χ4n) is 1.99. The first kappa shape index (κ1) is 11.5. The number of aromatic nitrogens is 1. The van der Waals surface area contributed by atoms with Crippen molar-refractivity contribution < 1.29 is 8.81 Å². The average molecular weight is 257 g/mol. The van der Waals surface area contributed by atoms with Crippen molar-refractivity contribution in [1.82, 2.24) is 4.98 Å². The maximum absolute atomic E-state index is 14.0. The van der Waals surface area contributed by atoms with Crippen LogP contribution in [0.4, 0.5) is 15.8 Å². The van der Waals surface area contributed by atoms with Crippen LogP contribution >= 0.6 is 0 Å². The van der Waals surface area contributed by atoms with Crippen LogP contribution in [-0.2, 0) is 6.54 Å². The summed E-state index contributed by atoms with van der Waals surface area (Å²) in [5, 5.41) is 3.73. The van der Waals surface area contributed by atoms with E-state index in [1.807, 2.05) is 12.1 Å². The van der Waals surface area contributed by atoms with Crippen molar-refractivity contribution in [2.45, 2.75) is 6.54 Å². The maximum Gasteiger partial charge on any atom is 0.150 e. The van der Waals surface area contributed by atoms with E-state index >= 15 is 0 Å². The minimum atomic E-state index is -0.421. The molecular formula is C14H12FN3O. The highest BCUT2D eigenvalue weighted by Crippen LogP contribution is 2.29. The number of nitrogen functional groups attached to an aromatic ring is 1. The van der Waals surface area contributed by atoms with Gasteiger partial charge in [0, 0.05) is 17.3 Å². The van der Waals surface area contributed by atoms with E-state index in [-0.39, 0.29) is 0 Å². The zero-order chi connectivity index (χ0) is 13.2. The van der Waals surface area contributed by atoms with E-state index in [1.54, 1.807) is 24.6 Å². The second-order valence-corrected chi connectivity index (χ2v) is 4.16. The van der Waals surface area contributed by atoms with Gasteiger partial charge in [0.05, 0.1) is 24.0 Å².